The molecule has 1 fully saturated rings. The molecule has 2 atom stereocenters. The summed E-state index contributed by atoms with van der Waals surface area (Å²) in [5, 5.41) is 10.4. The normalized spacial score (nSPS) is 20.8. The zero-order valence-electron chi connectivity index (χ0n) is 14.5. The molecule has 0 spiro atoms. The minimum atomic E-state index is -0.670. The molecule has 6 nitrogen and oxygen atoms in total. The molecule has 0 radical (unpaired) electrons. The first-order valence-electron chi connectivity index (χ1n) is 8.23. The Bertz CT molecular complexity index is 752. The van der Waals surface area contributed by atoms with Crippen molar-refractivity contribution in [1.29, 1.82) is 0 Å². The summed E-state index contributed by atoms with van der Waals surface area (Å²) in [6.07, 6.45) is 1.11. The van der Waals surface area contributed by atoms with Crippen LogP contribution < -0.4 is 0 Å². The number of ether oxygens (including phenoxy) is 1. The van der Waals surface area contributed by atoms with Crippen molar-refractivity contribution in [1.82, 2.24) is 14.9 Å². The second kappa shape index (κ2) is 6.80. The van der Waals surface area contributed by atoms with Crippen LogP contribution in [0.2, 0.25) is 0 Å². The van der Waals surface area contributed by atoms with Gasteiger partial charge < -0.3 is 14.8 Å². The third-order valence-electron chi connectivity index (χ3n) is 4.02. The van der Waals surface area contributed by atoms with Gasteiger partial charge in [-0.3, -0.25) is 4.90 Å². The number of amides is 1. The van der Waals surface area contributed by atoms with E-state index < -0.39 is 23.8 Å². The van der Waals surface area contributed by atoms with Crippen LogP contribution in [0.4, 0.5) is 4.79 Å². The van der Waals surface area contributed by atoms with Crippen molar-refractivity contribution in [3.63, 3.8) is 0 Å². The van der Waals surface area contributed by atoms with Gasteiger partial charge in [-0.25, -0.2) is 9.78 Å². The first-order chi connectivity index (χ1) is 11.7. The lowest BCUT2D eigenvalue weighted by atomic mass is 10.1. The summed E-state index contributed by atoms with van der Waals surface area (Å²) < 4.78 is 6.45. The molecule has 1 saturated heterocycles. The molecule has 25 heavy (non-hydrogen) atoms. The van der Waals surface area contributed by atoms with Gasteiger partial charge in [0.25, 0.3) is 0 Å². The monoisotopic (exact) mass is 407 g/mol. The van der Waals surface area contributed by atoms with Gasteiger partial charge in [-0.05, 0) is 44.9 Å². The molecule has 0 bridgehead atoms. The number of aliphatic hydroxyl groups is 1. The van der Waals surface area contributed by atoms with Crippen molar-refractivity contribution >= 4 is 22.0 Å². The van der Waals surface area contributed by atoms with Crippen LogP contribution in [-0.4, -0.2) is 44.3 Å². The molecule has 1 amide bonds. The van der Waals surface area contributed by atoms with Gasteiger partial charge in [0.2, 0.25) is 0 Å². The number of nitrogens with zero attached hydrogens (tertiary/aromatic N) is 2. The summed E-state index contributed by atoms with van der Waals surface area (Å²) >= 11 is 3.42. The van der Waals surface area contributed by atoms with E-state index in [1.165, 1.54) is 0 Å². The van der Waals surface area contributed by atoms with Gasteiger partial charge in [-0.15, -0.1) is 0 Å². The fourth-order valence-corrected chi connectivity index (χ4v) is 3.16. The van der Waals surface area contributed by atoms with Crippen molar-refractivity contribution in [3.8, 4) is 11.3 Å². The Hall–Kier alpha value is -1.86. The molecule has 1 aromatic heterocycles. The molecule has 3 rings (SSSR count). The summed E-state index contributed by atoms with van der Waals surface area (Å²) in [5.41, 5.74) is 1.24. The number of rotatable bonds is 2. The zero-order valence-corrected chi connectivity index (χ0v) is 16.1. The number of aromatic amines is 1. The molecule has 134 valence electrons. The van der Waals surface area contributed by atoms with Crippen LogP contribution in [0.25, 0.3) is 11.3 Å². The lowest BCUT2D eigenvalue weighted by molar-refractivity contribution is 0.0142. The molecule has 0 saturated carbocycles. The number of likely N-dealkylation sites (tertiary alicyclic amines) is 1. The number of aromatic nitrogens is 2. The summed E-state index contributed by atoms with van der Waals surface area (Å²) in [5.74, 6) is 0.564. The van der Waals surface area contributed by atoms with Gasteiger partial charge in [0.1, 0.15) is 17.5 Å². The van der Waals surface area contributed by atoms with E-state index in [0.29, 0.717) is 18.8 Å². The lowest BCUT2D eigenvalue weighted by Gasteiger charge is -2.28. The third-order valence-corrected chi connectivity index (χ3v) is 4.55. The molecular weight excluding hydrogens is 386 g/mol. The molecule has 7 heteroatoms. The Kier molecular flexibility index (Phi) is 4.88. The minimum absolute atomic E-state index is 0.435. The predicted octanol–water partition coefficient (Wildman–Crippen LogP) is 3.88. The van der Waals surface area contributed by atoms with Gasteiger partial charge in [0.05, 0.1) is 18.0 Å². The fourth-order valence-electron chi connectivity index (χ4n) is 2.89. The van der Waals surface area contributed by atoms with Crippen LogP contribution in [0, 0.1) is 0 Å². The van der Waals surface area contributed by atoms with Crippen molar-refractivity contribution in [2.75, 3.05) is 6.54 Å². The quantitative estimate of drug-likeness (QED) is 0.791. The summed E-state index contributed by atoms with van der Waals surface area (Å²) in [4.78, 5) is 21.6. The number of hydrogen-bond donors (Lipinski definition) is 2. The Morgan fingerprint density at radius 2 is 2.04 bits per heavy atom. The van der Waals surface area contributed by atoms with Crippen LogP contribution in [-0.2, 0) is 4.74 Å². The SMILES string of the molecule is CC(C)(C)OC(=O)N1CC[C@H](O)[C@H]1c1ncc(-c2ccc(Br)cc2)[nH]1. The van der Waals surface area contributed by atoms with Crippen LogP contribution in [0.3, 0.4) is 0 Å². The largest absolute Gasteiger partial charge is 0.444 e. The summed E-state index contributed by atoms with van der Waals surface area (Å²) in [6.45, 7) is 5.91. The Labute approximate surface area is 155 Å². The number of hydrogen-bond acceptors (Lipinski definition) is 4. The van der Waals surface area contributed by atoms with Gasteiger partial charge in [-0.1, -0.05) is 28.1 Å². The van der Waals surface area contributed by atoms with Gasteiger partial charge in [0.15, 0.2) is 0 Å². The van der Waals surface area contributed by atoms with Crippen molar-refractivity contribution in [3.05, 3.63) is 40.8 Å². The molecular formula is C18H22BrN3O3. The molecule has 2 heterocycles. The number of aliphatic hydroxyl groups excluding tert-OH is 1. The van der Waals surface area contributed by atoms with Gasteiger partial charge in [0, 0.05) is 11.0 Å². The molecule has 1 aliphatic rings. The highest BCUT2D eigenvalue weighted by atomic mass is 79.9. The van der Waals surface area contributed by atoms with E-state index in [9.17, 15) is 9.90 Å². The maximum atomic E-state index is 12.5. The first kappa shape index (κ1) is 17.9. The topological polar surface area (TPSA) is 78.4 Å². The standard InChI is InChI=1S/C18H22BrN3O3/c1-18(2,3)25-17(24)22-9-8-14(23)15(22)16-20-10-13(21-16)11-4-6-12(19)7-5-11/h4-7,10,14-15,23H,8-9H2,1-3H3,(H,20,21)/t14-,15-/m0/s1. The maximum absolute atomic E-state index is 12.5. The van der Waals surface area contributed by atoms with Crippen LogP contribution in [0.5, 0.6) is 0 Å². The predicted molar refractivity (Wildman–Crippen MR) is 98.0 cm³/mol. The second-order valence-electron chi connectivity index (χ2n) is 7.16. The van der Waals surface area contributed by atoms with Crippen molar-refractivity contribution in [2.24, 2.45) is 0 Å². The highest BCUT2D eigenvalue weighted by Gasteiger charge is 2.40. The summed E-state index contributed by atoms with van der Waals surface area (Å²) in [7, 11) is 0. The van der Waals surface area contributed by atoms with E-state index in [1.807, 2.05) is 45.0 Å². The molecule has 2 aromatic rings. The number of carbonyl (C=O) groups is 1. The molecule has 2 N–H and O–H groups in total. The molecule has 1 aliphatic heterocycles. The summed E-state index contributed by atoms with van der Waals surface area (Å²) in [6, 6.07) is 7.32. The highest BCUT2D eigenvalue weighted by Crippen LogP contribution is 2.33. The number of H-pyrrole nitrogens is 1. The number of halogens is 1. The van der Waals surface area contributed by atoms with E-state index in [4.69, 9.17) is 4.74 Å². The second-order valence-corrected chi connectivity index (χ2v) is 8.08. The number of benzene rings is 1. The number of nitrogens with one attached hydrogen (secondary N) is 1. The van der Waals surface area contributed by atoms with E-state index in [0.717, 1.165) is 15.7 Å². The smallest absolute Gasteiger partial charge is 0.411 e. The van der Waals surface area contributed by atoms with Gasteiger partial charge in [-0.2, -0.15) is 0 Å². The zero-order chi connectivity index (χ0) is 18.2. The molecule has 0 unspecified atom stereocenters. The minimum Gasteiger partial charge on any atom is -0.444 e. The van der Waals surface area contributed by atoms with Crippen LogP contribution in [0.1, 0.15) is 39.1 Å². The van der Waals surface area contributed by atoms with E-state index in [-0.39, 0.29) is 0 Å². The maximum Gasteiger partial charge on any atom is 0.411 e. The third kappa shape index (κ3) is 4.04. The van der Waals surface area contributed by atoms with E-state index in [1.54, 1.807) is 11.1 Å². The van der Waals surface area contributed by atoms with Crippen LogP contribution in [0.15, 0.2) is 34.9 Å². The Morgan fingerprint density at radius 1 is 1.36 bits per heavy atom. The van der Waals surface area contributed by atoms with Crippen molar-refractivity contribution in [2.45, 2.75) is 44.9 Å². The average Bonchev–Trinajstić information content (AvgIpc) is 3.12. The fraction of sp³-hybridized carbons (Fsp3) is 0.444. The van der Waals surface area contributed by atoms with E-state index >= 15 is 0 Å². The van der Waals surface area contributed by atoms with E-state index in [2.05, 4.69) is 25.9 Å². The average molecular weight is 408 g/mol. The highest BCUT2D eigenvalue weighted by molar-refractivity contribution is 9.10. The van der Waals surface area contributed by atoms with Crippen LogP contribution >= 0.6 is 15.9 Å². The molecule has 1 aromatic carbocycles. The Balaban J connectivity index is 1.84. The van der Waals surface area contributed by atoms with Gasteiger partial charge >= 0.3 is 6.09 Å². The first-order valence-corrected chi connectivity index (χ1v) is 9.02. The molecule has 0 aliphatic carbocycles. The number of imidazole rings is 1. The number of carbonyl (C=O) groups excluding carboxylic acids is 1. The lowest BCUT2D eigenvalue weighted by Crippen LogP contribution is -2.38. The van der Waals surface area contributed by atoms with Crippen molar-refractivity contribution < 1.29 is 14.6 Å². The Morgan fingerprint density at radius 3 is 2.68 bits per heavy atom.